The van der Waals surface area contributed by atoms with Crippen molar-refractivity contribution < 1.29 is 14.3 Å². The van der Waals surface area contributed by atoms with Crippen molar-refractivity contribution in [2.75, 3.05) is 18.6 Å². The first-order chi connectivity index (χ1) is 9.08. The predicted molar refractivity (Wildman–Crippen MR) is 74.8 cm³/mol. The highest BCUT2D eigenvalue weighted by molar-refractivity contribution is 9.10. The van der Waals surface area contributed by atoms with Crippen molar-refractivity contribution in [3.8, 4) is 12.3 Å². The lowest BCUT2D eigenvalue weighted by atomic mass is 10.1. The van der Waals surface area contributed by atoms with Gasteiger partial charge in [0.05, 0.1) is 18.4 Å². The first-order valence-corrected chi connectivity index (χ1v) is 6.51. The Morgan fingerprint density at radius 3 is 2.89 bits per heavy atom. The summed E-state index contributed by atoms with van der Waals surface area (Å²) in [6, 6.07) is 5.12. The average molecular weight is 322 g/mol. The van der Waals surface area contributed by atoms with Crippen molar-refractivity contribution in [3.05, 3.63) is 28.2 Å². The standard InChI is InChI=1S/C14H12BrNO3/c1-3-9-7-12(17)16(8-9)13-10(14(18)19-2)5-4-6-11(13)15/h1,4-6,9H,7-8H2,2H3. The van der Waals surface area contributed by atoms with Crippen molar-refractivity contribution >= 4 is 33.5 Å². The van der Waals surface area contributed by atoms with Crippen molar-refractivity contribution in [2.24, 2.45) is 5.92 Å². The van der Waals surface area contributed by atoms with Gasteiger partial charge < -0.3 is 9.64 Å². The highest BCUT2D eigenvalue weighted by Crippen LogP contribution is 2.34. The number of halogens is 1. The number of hydrogen-bond donors (Lipinski definition) is 0. The Hall–Kier alpha value is -1.80. The van der Waals surface area contributed by atoms with Gasteiger partial charge in [0.25, 0.3) is 0 Å². The Labute approximate surface area is 119 Å². The van der Waals surface area contributed by atoms with Crippen LogP contribution in [-0.4, -0.2) is 25.5 Å². The Bertz CT molecular complexity index is 577. The molecule has 1 fully saturated rings. The number of carbonyl (C=O) groups is 2. The third-order valence-electron chi connectivity index (χ3n) is 3.02. The molecule has 0 spiro atoms. The monoisotopic (exact) mass is 321 g/mol. The largest absolute Gasteiger partial charge is 0.465 e. The van der Waals surface area contributed by atoms with Gasteiger partial charge in [-0.2, -0.15) is 0 Å². The number of terminal acetylenes is 1. The molecule has 1 aromatic carbocycles. The van der Waals surface area contributed by atoms with Gasteiger partial charge in [0, 0.05) is 23.4 Å². The van der Waals surface area contributed by atoms with Crippen LogP contribution in [0.15, 0.2) is 22.7 Å². The molecule has 1 atom stereocenters. The van der Waals surface area contributed by atoms with E-state index in [0.717, 1.165) is 0 Å². The van der Waals surface area contributed by atoms with Gasteiger partial charge in [0.1, 0.15) is 0 Å². The molecule has 2 rings (SSSR count). The summed E-state index contributed by atoms with van der Waals surface area (Å²) in [6.45, 7) is 0.419. The molecule has 5 heteroatoms. The number of hydrogen-bond acceptors (Lipinski definition) is 3. The zero-order valence-electron chi connectivity index (χ0n) is 10.4. The molecule has 0 saturated carbocycles. The number of para-hydroxylation sites is 1. The number of benzene rings is 1. The molecule has 1 aliphatic heterocycles. The van der Waals surface area contributed by atoms with Gasteiger partial charge in [-0.3, -0.25) is 4.79 Å². The fourth-order valence-electron chi connectivity index (χ4n) is 2.10. The Morgan fingerprint density at radius 1 is 1.58 bits per heavy atom. The van der Waals surface area contributed by atoms with Crippen LogP contribution in [0.1, 0.15) is 16.8 Å². The molecular formula is C14H12BrNO3. The molecule has 0 aliphatic carbocycles. The molecule has 98 valence electrons. The first kappa shape index (κ1) is 13.6. The molecule has 0 N–H and O–H groups in total. The lowest BCUT2D eigenvalue weighted by Crippen LogP contribution is -2.27. The van der Waals surface area contributed by atoms with E-state index in [0.29, 0.717) is 28.7 Å². The van der Waals surface area contributed by atoms with Crippen LogP contribution in [-0.2, 0) is 9.53 Å². The smallest absolute Gasteiger partial charge is 0.340 e. The van der Waals surface area contributed by atoms with Gasteiger partial charge in [-0.25, -0.2) is 4.79 Å². The van der Waals surface area contributed by atoms with Gasteiger partial charge in [0.15, 0.2) is 0 Å². The third kappa shape index (κ3) is 2.49. The maximum atomic E-state index is 12.0. The fourth-order valence-corrected chi connectivity index (χ4v) is 2.68. The maximum Gasteiger partial charge on any atom is 0.340 e. The number of methoxy groups -OCH3 is 1. The zero-order chi connectivity index (χ0) is 14.0. The summed E-state index contributed by atoms with van der Waals surface area (Å²) < 4.78 is 5.41. The average Bonchev–Trinajstić information content (AvgIpc) is 2.78. The summed E-state index contributed by atoms with van der Waals surface area (Å²) in [6.07, 6.45) is 5.67. The van der Waals surface area contributed by atoms with E-state index in [4.69, 9.17) is 11.2 Å². The van der Waals surface area contributed by atoms with E-state index >= 15 is 0 Å². The summed E-state index contributed by atoms with van der Waals surface area (Å²) in [4.78, 5) is 25.3. The van der Waals surface area contributed by atoms with E-state index in [1.807, 2.05) is 0 Å². The highest BCUT2D eigenvalue weighted by Gasteiger charge is 2.33. The quantitative estimate of drug-likeness (QED) is 0.620. The molecular weight excluding hydrogens is 310 g/mol. The Morgan fingerprint density at radius 2 is 2.32 bits per heavy atom. The molecule has 1 saturated heterocycles. The fraction of sp³-hybridized carbons (Fsp3) is 0.286. The highest BCUT2D eigenvalue weighted by atomic mass is 79.9. The number of carbonyl (C=O) groups excluding carboxylic acids is 2. The van der Waals surface area contributed by atoms with E-state index in [2.05, 4.69) is 21.9 Å². The molecule has 0 radical (unpaired) electrons. The molecule has 1 aliphatic rings. The van der Waals surface area contributed by atoms with E-state index < -0.39 is 5.97 Å². The van der Waals surface area contributed by atoms with E-state index in [1.54, 1.807) is 23.1 Å². The second kappa shape index (κ2) is 5.45. The molecule has 4 nitrogen and oxygen atoms in total. The normalized spacial score (nSPS) is 18.3. The second-order valence-electron chi connectivity index (χ2n) is 4.20. The summed E-state index contributed by atoms with van der Waals surface area (Å²) in [7, 11) is 1.31. The second-order valence-corrected chi connectivity index (χ2v) is 5.05. The molecule has 0 aromatic heterocycles. The molecule has 1 amide bonds. The van der Waals surface area contributed by atoms with E-state index in [9.17, 15) is 9.59 Å². The summed E-state index contributed by atoms with van der Waals surface area (Å²) >= 11 is 3.37. The number of esters is 1. The van der Waals surface area contributed by atoms with Crippen LogP contribution in [0.3, 0.4) is 0 Å². The first-order valence-electron chi connectivity index (χ1n) is 5.71. The van der Waals surface area contributed by atoms with Crippen molar-refractivity contribution in [2.45, 2.75) is 6.42 Å². The summed E-state index contributed by atoms with van der Waals surface area (Å²) in [5.41, 5.74) is 0.875. The van der Waals surface area contributed by atoms with Gasteiger partial charge in [-0.1, -0.05) is 6.07 Å². The van der Waals surface area contributed by atoms with Crippen molar-refractivity contribution in [1.82, 2.24) is 0 Å². The number of rotatable bonds is 2. The molecule has 1 heterocycles. The summed E-state index contributed by atoms with van der Waals surface area (Å²) in [5, 5.41) is 0. The molecule has 1 unspecified atom stereocenters. The lowest BCUT2D eigenvalue weighted by Gasteiger charge is -2.20. The molecule has 0 bridgehead atoms. The van der Waals surface area contributed by atoms with Gasteiger partial charge in [-0.05, 0) is 28.1 Å². The van der Waals surface area contributed by atoms with Crippen LogP contribution in [0.25, 0.3) is 0 Å². The molecule has 1 aromatic rings. The number of ether oxygens (including phenoxy) is 1. The van der Waals surface area contributed by atoms with E-state index in [-0.39, 0.29) is 11.8 Å². The Kier molecular flexibility index (Phi) is 3.91. The minimum atomic E-state index is -0.478. The maximum absolute atomic E-state index is 12.0. The minimum absolute atomic E-state index is 0.0833. The summed E-state index contributed by atoms with van der Waals surface area (Å²) in [5.74, 6) is 1.90. The van der Waals surface area contributed by atoms with Gasteiger partial charge in [0.2, 0.25) is 5.91 Å². The zero-order valence-corrected chi connectivity index (χ0v) is 11.9. The lowest BCUT2D eigenvalue weighted by molar-refractivity contribution is -0.117. The van der Waals surface area contributed by atoms with Crippen LogP contribution >= 0.6 is 15.9 Å². The number of nitrogens with zero attached hydrogens (tertiary/aromatic N) is 1. The van der Waals surface area contributed by atoms with Crippen LogP contribution in [0.5, 0.6) is 0 Å². The van der Waals surface area contributed by atoms with Crippen molar-refractivity contribution in [3.63, 3.8) is 0 Å². The van der Waals surface area contributed by atoms with Gasteiger partial charge >= 0.3 is 5.97 Å². The van der Waals surface area contributed by atoms with Gasteiger partial charge in [-0.15, -0.1) is 12.3 Å². The predicted octanol–water partition coefficient (Wildman–Crippen LogP) is 2.22. The van der Waals surface area contributed by atoms with Crippen LogP contribution < -0.4 is 4.90 Å². The van der Waals surface area contributed by atoms with Crippen LogP contribution in [0.2, 0.25) is 0 Å². The minimum Gasteiger partial charge on any atom is -0.465 e. The van der Waals surface area contributed by atoms with Crippen LogP contribution in [0, 0.1) is 18.3 Å². The topological polar surface area (TPSA) is 46.6 Å². The van der Waals surface area contributed by atoms with E-state index in [1.165, 1.54) is 7.11 Å². The Balaban J connectivity index is 2.48. The molecule has 19 heavy (non-hydrogen) atoms. The number of anilines is 1. The van der Waals surface area contributed by atoms with Crippen molar-refractivity contribution in [1.29, 1.82) is 0 Å². The third-order valence-corrected chi connectivity index (χ3v) is 3.66. The van der Waals surface area contributed by atoms with Crippen LogP contribution in [0.4, 0.5) is 5.69 Å². The SMILES string of the molecule is C#CC1CC(=O)N(c2c(Br)cccc2C(=O)OC)C1. The number of amides is 1.